The lowest BCUT2D eigenvalue weighted by atomic mass is 10.00. The van der Waals surface area contributed by atoms with Crippen molar-refractivity contribution in [3.8, 4) is 5.75 Å². The number of hydrogen-bond donors (Lipinski definition) is 1. The normalized spacial score (nSPS) is 22.5. The Bertz CT molecular complexity index is 1850. The average Bonchev–Trinajstić information content (AvgIpc) is 3.58. The third-order valence-corrected chi connectivity index (χ3v) is 10.9. The van der Waals surface area contributed by atoms with Gasteiger partial charge in [-0.1, -0.05) is 49.8 Å². The summed E-state index contributed by atoms with van der Waals surface area (Å²) >= 11 is 1.02. The number of H-pyrrole nitrogens is 1. The van der Waals surface area contributed by atoms with Gasteiger partial charge >= 0.3 is 19.6 Å². The van der Waals surface area contributed by atoms with E-state index in [1.807, 2.05) is 0 Å². The second kappa shape index (κ2) is 16.8. The van der Waals surface area contributed by atoms with Crippen LogP contribution < -0.4 is 15.8 Å². The number of amides is 1. The van der Waals surface area contributed by atoms with Crippen LogP contribution >= 0.6 is 19.6 Å². The van der Waals surface area contributed by atoms with Crippen LogP contribution in [0.1, 0.15) is 79.2 Å². The van der Waals surface area contributed by atoms with E-state index >= 15 is 0 Å². The van der Waals surface area contributed by atoms with Gasteiger partial charge < -0.3 is 18.7 Å². The molecule has 1 aromatic heterocycles. The number of hydrogen-bond acceptors (Lipinski definition) is 13. The lowest BCUT2D eigenvalue weighted by Gasteiger charge is -2.35. The number of ether oxygens (including phenoxy) is 3. The predicted octanol–water partition coefficient (Wildman–Crippen LogP) is 6.25. The monoisotopic (exact) mass is 780 g/mol. The standard InChI is InChI=1S/C34H49N6O11PS/c1-21-18-39(30(43)36-28(21)41)27-17-25(37-38-35)26(49-27)20-48-52(45,47-14-15-53-29(42)32(2,3)4)51-24-12-10-22(11-13-24)16-23-19-46-34(8,9)40(23)31(44)50-33(5,6)7/h10-13,18,23,25-27H,14-17,19-20H2,1-9H3,(H,36,41,43)/t23-,25?,26+,27+,52?/m0/s1. The van der Waals surface area contributed by atoms with Crippen LogP contribution in [-0.2, 0) is 39.0 Å². The number of nitrogens with one attached hydrogen (secondary N) is 1. The summed E-state index contributed by atoms with van der Waals surface area (Å²) in [5.41, 5.74) is 6.91. The molecule has 2 saturated heterocycles. The van der Waals surface area contributed by atoms with E-state index < -0.39 is 66.9 Å². The lowest BCUT2D eigenvalue weighted by molar-refractivity contribution is -0.117. The Kier molecular flexibility index (Phi) is 13.4. The van der Waals surface area contributed by atoms with E-state index in [4.69, 9.17) is 27.8 Å². The number of carbonyl (C=O) groups excluding carboxylic acids is 2. The van der Waals surface area contributed by atoms with Crippen molar-refractivity contribution in [1.29, 1.82) is 0 Å². The molecule has 292 valence electrons. The molecule has 0 saturated carbocycles. The molecule has 2 aliphatic heterocycles. The Labute approximate surface area is 312 Å². The zero-order chi connectivity index (χ0) is 39.4. The van der Waals surface area contributed by atoms with Gasteiger partial charge in [0.2, 0.25) is 0 Å². The Morgan fingerprint density at radius 2 is 1.81 bits per heavy atom. The van der Waals surface area contributed by atoms with Gasteiger partial charge in [-0.25, -0.2) is 14.2 Å². The van der Waals surface area contributed by atoms with Crippen LogP contribution in [0.25, 0.3) is 10.4 Å². The number of azide groups is 1. The number of aromatic nitrogens is 2. The van der Waals surface area contributed by atoms with Gasteiger partial charge in [-0.05, 0) is 71.2 Å². The third kappa shape index (κ3) is 11.4. The zero-order valence-corrected chi connectivity index (χ0v) is 33.2. The Hall–Kier alpha value is -3.63. The summed E-state index contributed by atoms with van der Waals surface area (Å²) in [4.78, 5) is 56.6. The van der Waals surface area contributed by atoms with E-state index in [-0.39, 0.29) is 41.3 Å². The van der Waals surface area contributed by atoms with Gasteiger partial charge in [0.15, 0.2) is 5.12 Å². The van der Waals surface area contributed by atoms with Crippen LogP contribution in [0.2, 0.25) is 0 Å². The summed E-state index contributed by atoms with van der Waals surface area (Å²) in [5, 5.41) is 3.70. The number of thioether (sulfide) groups is 1. The van der Waals surface area contributed by atoms with Crippen molar-refractivity contribution in [3.05, 3.63) is 72.9 Å². The van der Waals surface area contributed by atoms with Gasteiger partial charge in [0.05, 0.1) is 38.0 Å². The number of rotatable bonds is 13. The molecule has 1 aromatic carbocycles. The molecule has 4 rings (SSSR count). The van der Waals surface area contributed by atoms with Crippen molar-refractivity contribution in [2.24, 2.45) is 10.5 Å². The first-order valence-electron chi connectivity index (χ1n) is 17.1. The smallest absolute Gasteiger partial charge is 0.444 e. The van der Waals surface area contributed by atoms with Crippen molar-refractivity contribution < 1.29 is 41.9 Å². The maximum absolute atomic E-state index is 14.1. The molecule has 2 aliphatic rings. The molecule has 0 bridgehead atoms. The molecule has 2 fully saturated rings. The summed E-state index contributed by atoms with van der Waals surface area (Å²) in [6, 6.07) is 5.53. The second-order valence-electron chi connectivity index (χ2n) is 15.3. The predicted molar refractivity (Wildman–Crippen MR) is 197 cm³/mol. The van der Waals surface area contributed by atoms with Crippen LogP contribution in [0.4, 0.5) is 4.79 Å². The van der Waals surface area contributed by atoms with E-state index in [0.29, 0.717) is 13.0 Å². The van der Waals surface area contributed by atoms with Crippen LogP contribution in [0.3, 0.4) is 0 Å². The summed E-state index contributed by atoms with van der Waals surface area (Å²) in [7, 11) is -4.40. The molecule has 2 unspecified atom stereocenters. The number of aromatic amines is 1. The fourth-order valence-electron chi connectivity index (χ4n) is 5.58. The highest BCUT2D eigenvalue weighted by Crippen LogP contribution is 2.50. The number of aryl methyl sites for hydroxylation is 1. The number of phosphoric acid groups is 1. The van der Waals surface area contributed by atoms with Gasteiger partial charge in [-0.3, -0.25) is 33.1 Å². The Balaban J connectivity index is 1.49. The highest BCUT2D eigenvalue weighted by Gasteiger charge is 2.46. The largest absolute Gasteiger partial charge is 0.530 e. The molecule has 19 heteroatoms. The Morgan fingerprint density at radius 1 is 1.13 bits per heavy atom. The van der Waals surface area contributed by atoms with Crippen molar-refractivity contribution >= 4 is 30.8 Å². The number of phosphoric ester groups is 1. The average molecular weight is 781 g/mol. The van der Waals surface area contributed by atoms with Crippen molar-refractivity contribution in [3.63, 3.8) is 0 Å². The fourth-order valence-corrected chi connectivity index (χ4v) is 7.69. The van der Waals surface area contributed by atoms with E-state index in [1.54, 1.807) is 84.6 Å². The van der Waals surface area contributed by atoms with Gasteiger partial charge in [-0.15, -0.1) is 0 Å². The van der Waals surface area contributed by atoms with Crippen molar-refractivity contribution in [1.82, 2.24) is 14.5 Å². The van der Waals surface area contributed by atoms with Crippen LogP contribution in [0.15, 0.2) is 45.2 Å². The molecular formula is C34H49N6O11PS. The molecular weight excluding hydrogens is 731 g/mol. The van der Waals surface area contributed by atoms with E-state index in [2.05, 4.69) is 15.0 Å². The van der Waals surface area contributed by atoms with Crippen molar-refractivity contribution in [2.45, 2.75) is 111 Å². The molecule has 0 spiro atoms. The minimum atomic E-state index is -4.40. The zero-order valence-electron chi connectivity index (χ0n) is 31.5. The molecule has 1 N–H and O–H groups in total. The third-order valence-electron chi connectivity index (χ3n) is 8.21. The molecule has 53 heavy (non-hydrogen) atoms. The SMILES string of the molecule is Cc1cn([C@H]2CC(N=[N+]=[N-])[C@@H](COP(=O)(OCCSC(=O)C(C)(C)C)Oc3ccc(C[C@H]4COC(C)(C)N4C(=O)OC(C)(C)C)cc3)O2)c(=O)[nH]c1=O. The number of benzene rings is 1. The molecule has 17 nitrogen and oxygen atoms in total. The molecule has 1 amide bonds. The quantitative estimate of drug-likeness (QED) is 0.0785. The first-order valence-corrected chi connectivity index (χ1v) is 19.6. The molecule has 5 atom stereocenters. The van der Waals surface area contributed by atoms with Crippen molar-refractivity contribution in [2.75, 3.05) is 25.6 Å². The summed E-state index contributed by atoms with van der Waals surface area (Å²) in [5.74, 6) is 0.312. The fraction of sp³-hybridized carbons (Fsp3) is 0.647. The lowest BCUT2D eigenvalue weighted by Crippen LogP contribution is -2.50. The van der Waals surface area contributed by atoms with Gasteiger partial charge in [0, 0.05) is 34.3 Å². The highest BCUT2D eigenvalue weighted by atomic mass is 32.2. The van der Waals surface area contributed by atoms with Gasteiger partial charge in [-0.2, -0.15) is 0 Å². The summed E-state index contributed by atoms with van der Waals surface area (Å²) in [6.45, 7) is 15.6. The Morgan fingerprint density at radius 3 is 2.43 bits per heavy atom. The van der Waals surface area contributed by atoms with Gasteiger partial charge in [0.1, 0.15) is 23.3 Å². The topological polar surface area (TPSA) is 213 Å². The minimum Gasteiger partial charge on any atom is -0.444 e. The number of carbonyl (C=O) groups is 2. The highest BCUT2D eigenvalue weighted by molar-refractivity contribution is 8.13. The van der Waals surface area contributed by atoms with E-state index in [1.165, 1.54) is 17.7 Å². The summed E-state index contributed by atoms with van der Waals surface area (Å²) < 4.78 is 50.1. The van der Waals surface area contributed by atoms with Crippen LogP contribution in [0, 0.1) is 12.3 Å². The van der Waals surface area contributed by atoms with E-state index in [0.717, 1.165) is 17.3 Å². The first kappa shape index (κ1) is 42.1. The van der Waals surface area contributed by atoms with Crippen LogP contribution in [0.5, 0.6) is 5.75 Å². The van der Waals surface area contributed by atoms with Crippen LogP contribution in [-0.4, -0.2) is 80.7 Å². The second-order valence-corrected chi connectivity index (χ2v) is 17.9. The maximum atomic E-state index is 14.1. The minimum absolute atomic E-state index is 0.0666. The maximum Gasteiger partial charge on any atom is 0.530 e. The molecule has 3 heterocycles. The molecule has 0 radical (unpaired) electrons. The van der Waals surface area contributed by atoms with E-state index in [9.17, 15) is 29.3 Å². The first-order chi connectivity index (χ1) is 24.6. The number of nitrogens with zero attached hydrogens (tertiary/aromatic N) is 5. The molecule has 2 aromatic rings. The molecule has 0 aliphatic carbocycles. The summed E-state index contributed by atoms with van der Waals surface area (Å²) in [6.07, 6.45) is -0.528. The van der Waals surface area contributed by atoms with Gasteiger partial charge in [0.25, 0.3) is 5.56 Å².